The molecule has 0 atom stereocenters. The average molecular weight is 311 g/mol. The van der Waals surface area contributed by atoms with Crippen molar-refractivity contribution in [1.82, 2.24) is 0 Å². The molecule has 3 aromatic rings. The lowest BCUT2D eigenvalue weighted by Crippen LogP contribution is -1.99. The van der Waals surface area contributed by atoms with Crippen LogP contribution >= 0.6 is 23.1 Å². The van der Waals surface area contributed by atoms with E-state index in [9.17, 15) is 0 Å². The number of benzene rings is 2. The summed E-state index contributed by atoms with van der Waals surface area (Å²) >= 11 is 3.62. The third kappa shape index (κ3) is 3.31. The Morgan fingerprint density at radius 1 is 1.10 bits per heavy atom. The van der Waals surface area contributed by atoms with Crippen molar-refractivity contribution in [2.24, 2.45) is 0 Å². The number of rotatable bonds is 6. The molecule has 1 nitrogen and oxygen atoms in total. The lowest BCUT2D eigenvalue weighted by Gasteiger charge is -2.10. The van der Waals surface area contributed by atoms with E-state index in [1.54, 1.807) is 0 Å². The summed E-state index contributed by atoms with van der Waals surface area (Å²) in [6.07, 6.45) is 1.94. The number of nitrogens with one attached hydrogen (secondary N) is 1. The van der Waals surface area contributed by atoms with Crippen LogP contribution in [-0.4, -0.2) is 5.75 Å². The average Bonchev–Trinajstić information content (AvgIpc) is 2.95. The largest absolute Gasteiger partial charge is 0.380 e. The van der Waals surface area contributed by atoms with E-state index in [1.165, 1.54) is 26.2 Å². The molecule has 0 aliphatic carbocycles. The summed E-state index contributed by atoms with van der Waals surface area (Å²) in [5.41, 5.74) is 2.55. The lowest BCUT2D eigenvalue weighted by molar-refractivity contribution is 1.16. The Hall–Kier alpha value is -1.71. The van der Waals surface area contributed by atoms with Crippen molar-refractivity contribution in [2.45, 2.75) is 11.4 Å². The van der Waals surface area contributed by atoms with Crippen LogP contribution in [0.25, 0.3) is 10.1 Å². The maximum Gasteiger partial charge on any atom is 0.0481 e. The summed E-state index contributed by atoms with van der Waals surface area (Å²) in [6.45, 7) is 4.64. The second-order valence-electron chi connectivity index (χ2n) is 4.71. The van der Waals surface area contributed by atoms with Gasteiger partial charge in [0.2, 0.25) is 0 Å². The van der Waals surface area contributed by atoms with Gasteiger partial charge in [-0.1, -0.05) is 36.4 Å². The third-order valence-electron chi connectivity index (χ3n) is 3.27. The maximum atomic E-state index is 3.79. The normalized spacial score (nSPS) is 10.7. The minimum Gasteiger partial charge on any atom is -0.380 e. The molecule has 3 heteroatoms. The first-order valence-electron chi connectivity index (χ1n) is 6.90. The molecule has 0 unspecified atom stereocenters. The van der Waals surface area contributed by atoms with E-state index in [0.29, 0.717) is 0 Å². The van der Waals surface area contributed by atoms with E-state index >= 15 is 0 Å². The second-order valence-corrected chi connectivity index (χ2v) is 6.68. The molecule has 2 aromatic carbocycles. The standard InChI is InChI=1S/C18H17NS2/c1-2-11-20-18-10-6-4-8-16(18)19-12-14-13-21-17-9-5-3-7-15(14)17/h2-10,13,19H,1,11-12H2. The van der Waals surface area contributed by atoms with E-state index in [2.05, 4.69) is 65.8 Å². The van der Waals surface area contributed by atoms with Crippen LogP contribution in [0.5, 0.6) is 0 Å². The van der Waals surface area contributed by atoms with E-state index in [-0.39, 0.29) is 0 Å². The van der Waals surface area contributed by atoms with Crippen LogP contribution in [0.2, 0.25) is 0 Å². The molecule has 106 valence electrons. The minimum atomic E-state index is 0.857. The van der Waals surface area contributed by atoms with Gasteiger partial charge < -0.3 is 5.32 Å². The molecule has 1 N–H and O–H groups in total. The monoisotopic (exact) mass is 311 g/mol. The number of hydrogen-bond acceptors (Lipinski definition) is 3. The summed E-state index contributed by atoms with van der Waals surface area (Å²) in [4.78, 5) is 1.27. The molecule has 0 aliphatic rings. The summed E-state index contributed by atoms with van der Waals surface area (Å²) < 4.78 is 1.35. The molecule has 1 aromatic heterocycles. The molecule has 21 heavy (non-hydrogen) atoms. The van der Waals surface area contributed by atoms with Gasteiger partial charge in [-0.25, -0.2) is 0 Å². The zero-order chi connectivity index (χ0) is 14.5. The van der Waals surface area contributed by atoms with Crippen LogP contribution in [0, 0.1) is 0 Å². The van der Waals surface area contributed by atoms with Gasteiger partial charge in [0.25, 0.3) is 0 Å². The Morgan fingerprint density at radius 2 is 1.90 bits per heavy atom. The van der Waals surface area contributed by atoms with Crippen molar-refractivity contribution in [3.8, 4) is 0 Å². The number of thioether (sulfide) groups is 1. The van der Waals surface area contributed by atoms with Gasteiger partial charge in [0.05, 0.1) is 0 Å². The van der Waals surface area contributed by atoms with Gasteiger partial charge in [-0.05, 0) is 34.5 Å². The molecule has 0 saturated heterocycles. The van der Waals surface area contributed by atoms with Crippen molar-refractivity contribution in [1.29, 1.82) is 0 Å². The first-order valence-corrected chi connectivity index (χ1v) is 8.76. The highest BCUT2D eigenvalue weighted by molar-refractivity contribution is 7.99. The van der Waals surface area contributed by atoms with Crippen molar-refractivity contribution >= 4 is 38.9 Å². The zero-order valence-electron chi connectivity index (χ0n) is 11.7. The first-order chi connectivity index (χ1) is 10.4. The Bertz CT molecular complexity index is 746. The Balaban J connectivity index is 1.77. The fourth-order valence-electron chi connectivity index (χ4n) is 2.25. The summed E-state index contributed by atoms with van der Waals surface area (Å²) in [5, 5.41) is 7.17. The van der Waals surface area contributed by atoms with Gasteiger partial charge in [-0.2, -0.15) is 0 Å². The van der Waals surface area contributed by atoms with E-state index in [1.807, 2.05) is 29.2 Å². The lowest BCUT2D eigenvalue weighted by atomic mass is 10.2. The predicted octanol–water partition coefficient (Wildman–Crippen LogP) is 5.79. The van der Waals surface area contributed by atoms with E-state index in [0.717, 1.165) is 12.3 Å². The van der Waals surface area contributed by atoms with Gasteiger partial charge in [0.1, 0.15) is 0 Å². The van der Waals surface area contributed by atoms with Gasteiger partial charge in [-0.3, -0.25) is 0 Å². The topological polar surface area (TPSA) is 12.0 Å². The third-order valence-corrected chi connectivity index (χ3v) is 5.36. The Morgan fingerprint density at radius 3 is 2.81 bits per heavy atom. The number of fused-ring (bicyclic) bond motifs is 1. The molecule has 0 amide bonds. The minimum absolute atomic E-state index is 0.857. The van der Waals surface area contributed by atoms with Gasteiger partial charge >= 0.3 is 0 Å². The second kappa shape index (κ2) is 6.83. The molecule has 0 spiro atoms. The smallest absolute Gasteiger partial charge is 0.0481 e. The zero-order valence-corrected chi connectivity index (χ0v) is 13.3. The predicted molar refractivity (Wildman–Crippen MR) is 96.5 cm³/mol. The Labute approximate surface area is 133 Å². The highest BCUT2D eigenvalue weighted by Gasteiger charge is 2.05. The molecule has 3 rings (SSSR count). The summed E-state index contributed by atoms with van der Waals surface area (Å²) in [5.74, 6) is 0.931. The number of para-hydroxylation sites is 1. The van der Waals surface area contributed by atoms with Crippen molar-refractivity contribution in [2.75, 3.05) is 11.1 Å². The quantitative estimate of drug-likeness (QED) is 0.456. The highest BCUT2D eigenvalue weighted by atomic mass is 32.2. The van der Waals surface area contributed by atoms with Crippen LogP contribution in [0.4, 0.5) is 5.69 Å². The maximum absolute atomic E-state index is 3.79. The van der Waals surface area contributed by atoms with Crippen molar-refractivity contribution in [3.63, 3.8) is 0 Å². The van der Waals surface area contributed by atoms with Gasteiger partial charge in [0.15, 0.2) is 0 Å². The Kier molecular flexibility index (Phi) is 4.63. The molecule has 1 heterocycles. The van der Waals surface area contributed by atoms with Gasteiger partial charge in [0, 0.05) is 27.6 Å². The van der Waals surface area contributed by atoms with Gasteiger partial charge in [-0.15, -0.1) is 29.7 Å². The number of thiophene rings is 1. The van der Waals surface area contributed by atoms with Crippen LogP contribution in [0.1, 0.15) is 5.56 Å². The SMILES string of the molecule is C=CCSc1ccccc1NCc1csc2ccccc12. The molecular weight excluding hydrogens is 294 g/mol. The molecule has 0 fully saturated rings. The molecular formula is C18H17NS2. The van der Waals surface area contributed by atoms with E-state index < -0.39 is 0 Å². The van der Waals surface area contributed by atoms with Crippen LogP contribution < -0.4 is 5.32 Å². The van der Waals surface area contributed by atoms with Crippen molar-refractivity contribution < 1.29 is 0 Å². The fourth-order valence-corrected chi connectivity index (χ4v) is 3.98. The summed E-state index contributed by atoms with van der Waals surface area (Å²) in [7, 11) is 0. The van der Waals surface area contributed by atoms with Crippen LogP contribution in [0.15, 0.2) is 71.5 Å². The first kappa shape index (κ1) is 14.2. The molecule has 0 saturated carbocycles. The van der Waals surface area contributed by atoms with Crippen LogP contribution in [0.3, 0.4) is 0 Å². The fraction of sp³-hybridized carbons (Fsp3) is 0.111. The van der Waals surface area contributed by atoms with Crippen molar-refractivity contribution in [3.05, 3.63) is 72.1 Å². The van der Waals surface area contributed by atoms with Crippen LogP contribution in [-0.2, 0) is 6.54 Å². The summed E-state index contributed by atoms with van der Waals surface area (Å²) in [6, 6.07) is 17.0. The molecule has 0 bridgehead atoms. The molecule has 0 radical (unpaired) electrons. The molecule has 0 aliphatic heterocycles. The highest BCUT2D eigenvalue weighted by Crippen LogP contribution is 2.29. The number of hydrogen-bond donors (Lipinski definition) is 1. The van der Waals surface area contributed by atoms with E-state index in [4.69, 9.17) is 0 Å². The number of anilines is 1.